The Labute approximate surface area is 150 Å². The fourth-order valence-corrected chi connectivity index (χ4v) is 3.24. The van der Waals surface area contributed by atoms with Crippen molar-refractivity contribution in [2.45, 2.75) is 38.2 Å². The van der Waals surface area contributed by atoms with Crippen LogP contribution in [0.25, 0.3) is 0 Å². The van der Waals surface area contributed by atoms with E-state index >= 15 is 0 Å². The number of imide groups is 2. The fourth-order valence-electron chi connectivity index (χ4n) is 3.24. The average molecular weight is 356 g/mol. The number of piperidine rings is 1. The van der Waals surface area contributed by atoms with E-state index in [0.29, 0.717) is 10.5 Å². The maximum atomic E-state index is 13.0. The van der Waals surface area contributed by atoms with Gasteiger partial charge in [0, 0.05) is 18.9 Å². The second kappa shape index (κ2) is 6.05. The first kappa shape index (κ1) is 15.2. The smallest absolute Gasteiger partial charge is 0.262 e. The van der Waals surface area contributed by atoms with Gasteiger partial charge in [0.15, 0.2) is 0 Å². The summed E-state index contributed by atoms with van der Waals surface area (Å²) in [7, 11) is 0. The van der Waals surface area contributed by atoms with Crippen molar-refractivity contribution in [2.75, 3.05) is 0 Å². The number of carbonyl (C=O) groups is 5. The van der Waals surface area contributed by atoms with Crippen molar-refractivity contribution in [3.8, 4) is 0 Å². The van der Waals surface area contributed by atoms with Gasteiger partial charge in [-0.25, -0.2) is 0 Å². The molecule has 26 heavy (non-hydrogen) atoms. The number of fused-ring (bicyclic) bond motifs is 1. The van der Waals surface area contributed by atoms with E-state index in [-0.39, 0.29) is 42.3 Å². The zero-order valence-corrected chi connectivity index (χ0v) is 13.8. The quantitative estimate of drug-likeness (QED) is 0.744. The third-order valence-electron chi connectivity index (χ3n) is 4.78. The van der Waals surface area contributed by atoms with E-state index in [2.05, 4.69) is 5.32 Å². The summed E-state index contributed by atoms with van der Waals surface area (Å²) in [5.74, 6) is -3.12. The van der Waals surface area contributed by atoms with Crippen molar-refractivity contribution >= 4 is 29.5 Å². The number of hydrogen-bond acceptors (Lipinski definition) is 5. The van der Waals surface area contributed by atoms with E-state index in [1.165, 1.54) is 6.07 Å². The van der Waals surface area contributed by atoms with Gasteiger partial charge in [-0.05, 0) is 30.9 Å². The number of nitrogens with zero attached hydrogens (tertiary/aromatic N) is 1. The highest BCUT2D eigenvalue weighted by molar-refractivity contribution is 6.24. The lowest BCUT2D eigenvalue weighted by molar-refractivity contribution is -0.136. The Hall–Kier alpha value is -3.03. The largest absolute Gasteiger partial charge is 0.352 e. The molecule has 0 bridgehead atoms. The number of nitrogens with one attached hydrogen (secondary N) is 2. The zero-order valence-electron chi connectivity index (χ0n) is 14.8. The molecule has 134 valence electrons. The van der Waals surface area contributed by atoms with E-state index in [1.54, 1.807) is 12.1 Å². The monoisotopic (exact) mass is 356 g/mol. The average Bonchev–Trinajstić information content (AvgIpc) is 3.44. The Morgan fingerprint density at radius 2 is 1.96 bits per heavy atom. The van der Waals surface area contributed by atoms with Gasteiger partial charge >= 0.3 is 0 Å². The molecule has 2 heterocycles. The topological polar surface area (TPSA) is 113 Å². The van der Waals surface area contributed by atoms with Crippen molar-refractivity contribution < 1.29 is 25.3 Å². The van der Waals surface area contributed by atoms with Gasteiger partial charge < -0.3 is 5.32 Å². The van der Waals surface area contributed by atoms with Gasteiger partial charge in [-0.1, -0.05) is 12.1 Å². The first-order valence-corrected chi connectivity index (χ1v) is 8.45. The molecule has 1 saturated carbocycles. The Balaban J connectivity index is 1.64. The van der Waals surface area contributed by atoms with Gasteiger partial charge in [-0.15, -0.1) is 0 Å². The van der Waals surface area contributed by atoms with Crippen LogP contribution in [0, 0.1) is 5.92 Å². The Kier molecular flexibility index (Phi) is 3.55. The molecule has 8 heteroatoms. The van der Waals surface area contributed by atoms with Crippen molar-refractivity contribution in [3.05, 3.63) is 34.9 Å². The summed E-state index contributed by atoms with van der Waals surface area (Å²) in [6, 6.07) is 2.50. The lowest BCUT2D eigenvalue weighted by Crippen LogP contribution is -2.54. The molecule has 8 nitrogen and oxygen atoms in total. The zero-order chi connectivity index (χ0) is 19.3. The van der Waals surface area contributed by atoms with E-state index in [1.807, 2.05) is 5.32 Å². The van der Waals surface area contributed by atoms with Gasteiger partial charge in [-0.2, -0.15) is 0 Å². The number of benzene rings is 1. The minimum absolute atomic E-state index is 0.00979. The SMILES string of the molecule is [2H][C@]1(N2C(=O)c3cccc(CNC(=O)C4CC4)c3C2=O)CCC(=O)NC1=O. The molecule has 3 aliphatic rings. The van der Waals surface area contributed by atoms with Crippen LogP contribution >= 0.6 is 0 Å². The van der Waals surface area contributed by atoms with Gasteiger partial charge in [0.05, 0.1) is 12.5 Å². The van der Waals surface area contributed by atoms with Gasteiger partial charge in [-0.3, -0.25) is 34.2 Å². The van der Waals surface area contributed by atoms with E-state index in [0.717, 1.165) is 12.8 Å². The summed E-state index contributed by atoms with van der Waals surface area (Å²) in [6.07, 6.45) is 1.31. The number of carbonyl (C=O) groups excluding carboxylic acids is 5. The third-order valence-corrected chi connectivity index (χ3v) is 4.78. The van der Waals surface area contributed by atoms with E-state index in [9.17, 15) is 24.0 Å². The minimum atomic E-state index is -2.17. The highest BCUT2D eigenvalue weighted by atomic mass is 16.2. The van der Waals surface area contributed by atoms with Crippen LogP contribution in [0.1, 0.15) is 53.3 Å². The molecule has 2 fully saturated rings. The Bertz CT molecular complexity index is 910. The molecular formula is C18H17N3O5. The molecule has 1 saturated heterocycles. The number of hydrogen-bond donors (Lipinski definition) is 2. The predicted molar refractivity (Wildman–Crippen MR) is 87.7 cm³/mol. The number of rotatable bonds is 4. The molecule has 1 atom stereocenters. The first-order chi connectivity index (χ1) is 12.8. The van der Waals surface area contributed by atoms with Crippen molar-refractivity contribution in [1.82, 2.24) is 15.5 Å². The van der Waals surface area contributed by atoms with Crippen LogP contribution in [0.5, 0.6) is 0 Å². The van der Waals surface area contributed by atoms with E-state index < -0.39 is 29.6 Å². The van der Waals surface area contributed by atoms with Crippen LogP contribution in [-0.4, -0.2) is 40.5 Å². The van der Waals surface area contributed by atoms with Crippen molar-refractivity contribution in [3.63, 3.8) is 0 Å². The molecule has 5 amide bonds. The first-order valence-electron chi connectivity index (χ1n) is 8.95. The van der Waals surface area contributed by atoms with Gasteiger partial charge in [0.25, 0.3) is 11.8 Å². The summed E-state index contributed by atoms with van der Waals surface area (Å²) < 4.78 is 8.41. The van der Waals surface area contributed by atoms with Crippen LogP contribution in [0.15, 0.2) is 18.2 Å². The van der Waals surface area contributed by atoms with Crippen molar-refractivity contribution in [2.24, 2.45) is 5.92 Å². The van der Waals surface area contributed by atoms with Crippen LogP contribution in [-0.2, 0) is 20.9 Å². The molecule has 0 spiro atoms. The maximum absolute atomic E-state index is 13.0. The second-order valence-corrected chi connectivity index (χ2v) is 6.60. The standard InChI is InChI=1S/C18H17N3O5/c22-13-7-6-12(16(24)20-13)21-17(25)11-3-1-2-10(14(11)18(21)26)8-19-15(23)9-4-5-9/h1-3,9,12H,4-8H2,(H,19,23)(H,20,22,24)/t12-/m0/s1/i12D. The summed E-state index contributed by atoms with van der Waals surface area (Å²) in [5, 5.41) is 4.77. The number of amides is 5. The lowest BCUT2D eigenvalue weighted by Gasteiger charge is -2.27. The van der Waals surface area contributed by atoms with E-state index in [4.69, 9.17) is 1.37 Å². The molecule has 0 aromatic heterocycles. The van der Waals surface area contributed by atoms with Crippen LogP contribution < -0.4 is 10.6 Å². The summed E-state index contributed by atoms with van der Waals surface area (Å²) in [5.41, 5.74) is 0.641. The molecule has 4 rings (SSSR count). The fraction of sp³-hybridized carbons (Fsp3) is 0.389. The second-order valence-electron chi connectivity index (χ2n) is 6.60. The molecule has 1 aromatic rings. The van der Waals surface area contributed by atoms with Gasteiger partial charge in [0.1, 0.15) is 6.02 Å². The Morgan fingerprint density at radius 3 is 2.65 bits per heavy atom. The molecular weight excluding hydrogens is 338 g/mol. The Morgan fingerprint density at radius 1 is 1.19 bits per heavy atom. The predicted octanol–water partition coefficient (Wildman–Crippen LogP) is 0.114. The summed E-state index contributed by atoms with van der Waals surface area (Å²) in [6.45, 7) is 0.0844. The maximum Gasteiger partial charge on any atom is 0.262 e. The van der Waals surface area contributed by atoms with Crippen LogP contribution in [0.4, 0.5) is 0 Å². The summed E-state index contributed by atoms with van der Waals surface area (Å²) in [4.78, 5) is 61.8. The molecule has 2 aliphatic heterocycles. The van der Waals surface area contributed by atoms with Crippen molar-refractivity contribution in [1.29, 1.82) is 0 Å². The van der Waals surface area contributed by atoms with Crippen LogP contribution in [0.2, 0.25) is 0 Å². The third kappa shape index (κ3) is 2.67. The molecule has 0 radical (unpaired) electrons. The molecule has 0 unspecified atom stereocenters. The van der Waals surface area contributed by atoms with Crippen LogP contribution in [0.3, 0.4) is 0 Å². The van der Waals surface area contributed by atoms with Gasteiger partial charge in [0.2, 0.25) is 17.7 Å². The molecule has 2 N–H and O–H groups in total. The molecule has 1 aliphatic carbocycles. The molecule has 1 aromatic carbocycles. The normalized spacial score (nSPS) is 25.7. The highest BCUT2D eigenvalue weighted by Gasteiger charge is 2.45. The lowest BCUT2D eigenvalue weighted by atomic mass is 10.0. The minimum Gasteiger partial charge on any atom is -0.352 e. The highest BCUT2D eigenvalue weighted by Crippen LogP contribution is 2.31. The summed E-state index contributed by atoms with van der Waals surface area (Å²) >= 11 is 0.